The molecule has 0 bridgehead atoms. The molecule has 31 heavy (non-hydrogen) atoms. The average Bonchev–Trinajstić information content (AvgIpc) is 2.75. The number of hydrogen-bond donors (Lipinski definition) is 2. The first-order valence-corrected chi connectivity index (χ1v) is 11.1. The summed E-state index contributed by atoms with van der Waals surface area (Å²) in [6.07, 6.45) is 0.177. The quantitative estimate of drug-likeness (QED) is 0.521. The van der Waals surface area contributed by atoms with Gasteiger partial charge in [-0.1, -0.05) is 23.7 Å². The van der Waals surface area contributed by atoms with Gasteiger partial charge < -0.3 is 14.8 Å². The van der Waals surface area contributed by atoms with E-state index in [9.17, 15) is 13.2 Å². The van der Waals surface area contributed by atoms with Crippen LogP contribution in [0.2, 0.25) is 5.02 Å². The third-order valence-corrected chi connectivity index (χ3v) is 6.01. The summed E-state index contributed by atoms with van der Waals surface area (Å²) in [5, 5.41) is 3.34. The van der Waals surface area contributed by atoms with Crippen LogP contribution in [0.15, 0.2) is 71.6 Å². The Labute approximate surface area is 186 Å². The Kier molecular flexibility index (Phi) is 7.04. The van der Waals surface area contributed by atoms with Gasteiger partial charge in [-0.2, -0.15) is 0 Å². The van der Waals surface area contributed by atoms with E-state index >= 15 is 0 Å². The van der Waals surface area contributed by atoms with Crippen LogP contribution < -0.4 is 19.5 Å². The second kappa shape index (κ2) is 9.72. The van der Waals surface area contributed by atoms with Crippen LogP contribution in [0.25, 0.3) is 0 Å². The molecule has 0 aliphatic heterocycles. The fraction of sp³-hybridized carbons (Fsp3) is 0.136. The third-order valence-electron chi connectivity index (χ3n) is 4.38. The largest absolute Gasteiger partial charge is 0.497 e. The molecule has 3 aromatic rings. The summed E-state index contributed by atoms with van der Waals surface area (Å²) in [5.74, 6) is 0.645. The van der Waals surface area contributed by atoms with Crippen molar-refractivity contribution in [2.24, 2.45) is 0 Å². The molecule has 0 saturated heterocycles. The Balaban J connectivity index is 1.68. The van der Waals surface area contributed by atoms with E-state index in [0.29, 0.717) is 22.2 Å². The standard InChI is InChI=1S/C22H21ClN2O5S/c1-29-18-9-12-20(21(14-18)30-2)25-31(27,28)19-10-7-17(8-11-19)24-22(26)13-15-3-5-16(23)6-4-15/h3-12,14,25H,13H2,1-2H3,(H,24,26). The van der Waals surface area contributed by atoms with Gasteiger partial charge in [-0.05, 0) is 54.1 Å². The van der Waals surface area contributed by atoms with E-state index in [1.165, 1.54) is 38.5 Å². The number of carbonyl (C=O) groups is 1. The highest BCUT2D eigenvalue weighted by atomic mass is 35.5. The topological polar surface area (TPSA) is 93.7 Å². The van der Waals surface area contributed by atoms with Crippen molar-refractivity contribution in [2.75, 3.05) is 24.3 Å². The zero-order valence-corrected chi connectivity index (χ0v) is 18.5. The number of hydrogen-bond acceptors (Lipinski definition) is 5. The van der Waals surface area contributed by atoms with E-state index in [2.05, 4.69) is 10.0 Å². The average molecular weight is 461 g/mol. The van der Waals surface area contributed by atoms with E-state index in [4.69, 9.17) is 21.1 Å². The molecule has 0 saturated carbocycles. The van der Waals surface area contributed by atoms with E-state index in [0.717, 1.165) is 5.56 Å². The number of carbonyl (C=O) groups excluding carboxylic acids is 1. The summed E-state index contributed by atoms with van der Waals surface area (Å²) in [4.78, 5) is 12.3. The fourth-order valence-corrected chi connectivity index (χ4v) is 3.99. The molecule has 7 nitrogen and oxygen atoms in total. The molecule has 0 atom stereocenters. The van der Waals surface area contributed by atoms with Crippen LogP contribution in [0.5, 0.6) is 11.5 Å². The molecule has 0 spiro atoms. The third kappa shape index (κ3) is 5.90. The smallest absolute Gasteiger partial charge is 0.262 e. The van der Waals surface area contributed by atoms with Crippen molar-refractivity contribution >= 4 is 38.9 Å². The molecule has 0 unspecified atom stereocenters. The Bertz CT molecular complexity index is 1160. The van der Waals surface area contributed by atoms with Gasteiger partial charge in [0, 0.05) is 16.8 Å². The molecule has 0 fully saturated rings. The number of ether oxygens (including phenoxy) is 2. The lowest BCUT2D eigenvalue weighted by Crippen LogP contribution is -2.15. The minimum absolute atomic E-state index is 0.0427. The van der Waals surface area contributed by atoms with Crippen LogP contribution >= 0.6 is 11.6 Å². The lowest BCUT2D eigenvalue weighted by atomic mass is 10.1. The first-order chi connectivity index (χ1) is 14.8. The van der Waals surface area contributed by atoms with E-state index in [1.807, 2.05) is 0 Å². The molecule has 0 heterocycles. The maximum atomic E-state index is 12.7. The van der Waals surface area contributed by atoms with Gasteiger partial charge in [0.2, 0.25) is 5.91 Å². The Morgan fingerprint density at radius 1 is 0.935 bits per heavy atom. The highest BCUT2D eigenvalue weighted by molar-refractivity contribution is 7.92. The number of halogens is 1. The van der Waals surface area contributed by atoms with Crippen molar-refractivity contribution in [2.45, 2.75) is 11.3 Å². The summed E-state index contributed by atoms with van der Waals surface area (Å²) in [5.41, 5.74) is 1.59. The molecule has 0 aromatic heterocycles. The summed E-state index contributed by atoms with van der Waals surface area (Å²) in [6.45, 7) is 0. The molecule has 2 N–H and O–H groups in total. The normalized spacial score (nSPS) is 10.9. The summed E-state index contributed by atoms with van der Waals surface area (Å²) in [6, 6.07) is 17.6. The molecule has 162 valence electrons. The molecule has 1 amide bonds. The van der Waals surface area contributed by atoms with Crippen molar-refractivity contribution < 1.29 is 22.7 Å². The van der Waals surface area contributed by atoms with Gasteiger partial charge in [0.15, 0.2) is 0 Å². The second-order valence-corrected chi connectivity index (χ2v) is 8.67. The maximum absolute atomic E-state index is 12.7. The molecular weight excluding hydrogens is 440 g/mol. The van der Waals surface area contributed by atoms with Crippen molar-refractivity contribution in [3.8, 4) is 11.5 Å². The minimum atomic E-state index is -3.86. The van der Waals surface area contributed by atoms with Crippen molar-refractivity contribution in [1.29, 1.82) is 0 Å². The molecule has 0 radical (unpaired) electrons. The zero-order chi connectivity index (χ0) is 22.4. The Morgan fingerprint density at radius 2 is 1.61 bits per heavy atom. The van der Waals surface area contributed by atoms with Crippen LogP contribution in [-0.4, -0.2) is 28.5 Å². The molecule has 0 aliphatic rings. The summed E-state index contributed by atoms with van der Waals surface area (Å²) >= 11 is 5.84. The number of rotatable bonds is 8. The van der Waals surface area contributed by atoms with Crippen molar-refractivity contribution in [1.82, 2.24) is 0 Å². The van der Waals surface area contributed by atoms with Crippen LogP contribution in [-0.2, 0) is 21.2 Å². The number of nitrogens with one attached hydrogen (secondary N) is 2. The van der Waals surface area contributed by atoms with Crippen LogP contribution in [0.3, 0.4) is 0 Å². The first kappa shape index (κ1) is 22.5. The second-order valence-electron chi connectivity index (χ2n) is 6.55. The predicted octanol–water partition coefficient (Wildman–Crippen LogP) is 4.34. The van der Waals surface area contributed by atoms with E-state index in [-0.39, 0.29) is 22.9 Å². The van der Waals surface area contributed by atoms with Gasteiger partial charge in [0.05, 0.1) is 31.2 Å². The van der Waals surface area contributed by atoms with Crippen LogP contribution in [0.4, 0.5) is 11.4 Å². The lowest BCUT2D eigenvalue weighted by molar-refractivity contribution is -0.115. The fourth-order valence-electron chi connectivity index (χ4n) is 2.80. The summed E-state index contributed by atoms with van der Waals surface area (Å²) < 4.78 is 38.3. The van der Waals surface area contributed by atoms with Gasteiger partial charge >= 0.3 is 0 Å². The Morgan fingerprint density at radius 3 is 2.23 bits per heavy atom. The predicted molar refractivity (Wildman–Crippen MR) is 121 cm³/mol. The maximum Gasteiger partial charge on any atom is 0.262 e. The zero-order valence-electron chi connectivity index (χ0n) is 16.9. The number of benzene rings is 3. The van der Waals surface area contributed by atoms with Gasteiger partial charge in [-0.25, -0.2) is 8.42 Å². The van der Waals surface area contributed by atoms with Gasteiger partial charge in [0.25, 0.3) is 10.0 Å². The number of methoxy groups -OCH3 is 2. The van der Waals surface area contributed by atoms with Gasteiger partial charge in [0.1, 0.15) is 11.5 Å². The van der Waals surface area contributed by atoms with Crippen molar-refractivity contribution in [3.05, 3.63) is 77.3 Å². The first-order valence-electron chi connectivity index (χ1n) is 9.20. The van der Waals surface area contributed by atoms with E-state index in [1.54, 1.807) is 42.5 Å². The Hall–Kier alpha value is -3.23. The number of amides is 1. The molecule has 9 heteroatoms. The summed E-state index contributed by atoms with van der Waals surface area (Å²) in [7, 11) is -0.912. The molecular formula is C22H21ClN2O5S. The van der Waals surface area contributed by atoms with Crippen LogP contribution in [0.1, 0.15) is 5.56 Å². The highest BCUT2D eigenvalue weighted by Crippen LogP contribution is 2.31. The molecule has 3 aromatic carbocycles. The molecule has 0 aliphatic carbocycles. The van der Waals surface area contributed by atoms with E-state index < -0.39 is 10.0 Å². The SMILES string of the molecule is COc1ccc(NS(=O)(=O)c2ccc(NC(=O)Cc3ccc(Cl)cc3)cc2)c(OC)c1. The minimum Gasteiger partial charge on any atom is -0.497 e. The van der Waals surface area contributed by atoms with Crippen molar-refractivity contribution in [3.63, 3.8) is 0 Å². The van der Waals surface area contributed by atoms with Gasteiger partial charge in [-0.3, -0.25) is 9.52 Å². The van der Waals surface area contributed by atoms with Crippen LogP contribution in [0, 0.1) is 0 Å². The number of anilines is 2. The number of sulfonamides is 1. The molecule has 3 rings (SSSR count). The highest BCUT2D eigenvalue weighted by Gasteiger charge is 2.17. The lowest BCUT2D eigenvalue weighted by Gasteiger charge is -2.13. The van der Waals surface area contributed by atoms with Gasteiger partial charge in [-0.15, -0.1) is 0 Å². The monoisotopic (exact) mass is 460 g/mol.